The Morgan fingerprint density at radius 2 is 1.69 bits per heavy atom. The fraction of sp³-hybridized carbons (Fsp3) is 0.429. The minimum Gasteiger partial charge on any atom is -0.346 e. The summed E-state index contributed by atoms with van der Waals surface area (Å²) in [4.78, 5) is 33.5. The molecule has 1 aromatic carbocycles. The highest BCUT2D eigenvalue weighted by atomic mass is 19.1. The molecule has 0 unspecified atom stereocenters. The quantitative estimate of drug-likeness (QED) is 0.826. The minimum absolute atomic E-state index is 0.258. The molecule has 0 aliphatic heterocycles. The molecule has 0 radical (unpaired) electrons. The number of halogens is 2. The largest absolute Gasteiger partial charge is 0.346 e. The van der Waals surface area contributed by atoms with Crippen molar-refractivity contribution in [1.82, 2.24) is 20.6 Å². The molecule has 1 heterocycles. The molecule has 0 spiro atoms. The van der Waals surface area contributed by atoms with Gasteiger partial charge in [-0.2, -0.15) is 0 Å². The van der Waals surface area contributed by atoms with Crippen LogP contribution in [0.15, 0.2) is 30.6 Å². The van der Waals surface area contributed by atoms with Crippen LogP contribution >= 0.6 is 0 Å². The van der Waals surface area contributed by atoms with E-state index in [1.165, 1.54) is 6.20 Å². The maximum absolute atomic E-state index is 14.0. The number of rotatable bonds is 4. The molecule has 2 saturated carbocycles. The van der Waals surface area contributed by atoms with E-state index in [1.807, 2.05) is 0 Å². The first-order chi connectivity index (χ1) is 13.8. The molecule has 0 saturated heterocycles. The molecular formula is C21H22F2N4O2. The van der Waals surface area contributed by atoms with E-state index in [4.69, 9.17) is 0 Å². The lowest BCUT2D eigenvalue weighted by molar-refractivity contribution is 0.0827. The van der Waals surface area contributed by atoms with Gasteiger partial charge in [-0.25, -0.2) is 13.8 Å². The lowest BCUT2D eigenvalue weighted by Crippen LogP contribution is -2.55. The van der Waals surface area contributed by atoms with E-state index >= 15 is 0 Å². The van der Waals surface area contributed by atoms with Crippen LogP contribution in [0.5, 0.6) is 0 Å². The molecule has 29 heavy (non-hydrogen) atoms. The maximum atomic E-state index is 14.0. The zero-order chi connectivity index (χ0) is 20.6. The summed E-state index contributed by atoms with van der Waals surface area (Å²) < 4.78 is 27.4. The Morgan fingerprint density at radius 3 is 2.38 bits per heavy atom. The van der Waals surface area contributed by atoms with Gasteiger partial charge in [0.05, 0.1) is 17.5 Å². The van der Waals surface area contributed by atoms with Gasteiger partial charge in [0.15, 0.2) is 0 Å². The van der Waals surface area contributed by atoms with Crippen LogP contribution in [-0.2, 0) is 0 Å². The average molecular weight is 400 g/mol. The van der Waals surface area contributed by atoms with Crippen molar-refractivity contribution >= 4 is 11.8 Å². The zero-order valence-corrected chi connectivity index (χ0v) is 16.1. The normalized spacial score (nSPS) is 25.5. The maximum Gasteiger partial charge on any atom is 0.271 e. The van der Waals surface area contributed by atoms with E-state index in [-0.39, 0.29) is 17.2 Å². The van der Waals surface area contributed by atoms with Crippen LogP contribution in [0.1, 0.15) is 65.1 Å². The van der Waals surface area contributed by atoms with Crippen LogP contribution in [-0.4, -0.2) is 32.9 Å². The van der Waals surface area contributed by atoms with Gasteiger partial charge < -0.3 is 10.6 Å². The third-order valence-corrected chi connectivity index (χ3v) is 5.99. The molecule has 2 N–H and O–H groups in total. The first-order valence-electron chi connectivity index (χ1n) is 9.69. The van der Waals surface area contributed by atoms with Crippen molar-refractivity contribution in [2.24, 2.45) is 0 Å². The number of carbonyl (C=O) groups excluding carboxylic acids is 2. The molecule has 2 fully saturated rings. The van der Waals surface area contributed by atoms with E-state index < -0.39 is 28.6 Å². The predicted octanol–water partition coefficient (Wildman–Crippen LogP) is 3.07. The molecule has 152 valence electrons. The monoisotopic (exact) mass is 400 g/mol. The third-order valence-electron chi connectivity index (χ3n) is 5.99. The average Bonchev–Trinajstić information content (AvgIpc) is 2.93. The SMILES string of the molecule is Cc1cncc(C(=O)N[C@@]23CCC[C@@](NC(=O)c4cc(F)ccc4F)(CC2)C3)n1. The van der Waals surface area contributed by atoms with Gasteiger partial charge in [0.2, 0.25) is 0 Å². The van der Waals surface area contributed by atoms with Gasteiger partial charge >= 0.3 is 0 Å². The van der Waals surface area contributed by atoms with E-state index in [1.54, 1.807) is 13.1 Å². The summed E-state index contributed by atoms with van der Waals surface area (Å²) in [5, 5.41) is 6.03. The summed E-state index contributed by atoms with van der Waals surface area (Å²) in [6.07, 6.45) is 7.26. The number of aromatic nitrogens is 2. The molecule has 2 aromatic rings. The highest BCUT2D eigenvalue weighted by Gasteiger charge is 2.52. The van der Waals surface area contributed by atoms with Crippen molar-refractivity contribution < 1.29 is 18.4 Å². The summed E-state index contributed by atoms with van der Waals surface area (Å²) in [6, 6.07) is 2.84. The van der Waals surface area contributed by atoms with Crippen LogP contribution < -0.4 is 10.6 Å². The Morgan fingerprint density at radius 1 is 1.00 bits per heavy atom. The van der Waals surface area contributed by atoms with Gasteiger partial charge in [0.25, 0.3) is 11.8 Å². The van der Waals surface area contributed by atoms with Gasteiger partial charge in [-0.05, 0) is 63.6 Å². The van der Waals surface area contributed by atoms with E-state index in [2.05, 4.69) is 20.6 Å². The first-order valence-corrected chi connectivity index (χ1v) is 9.69. The number of nitrogens with zero attached hydrogens (tertiary/aromatic N) is 2. The summed E-state index contributed by atoms with van der Waals surface area (Å²) in [7, 11) is 0. The van der Waals surface area contributed by atoms with Gasteiger partial charge in [-0.1, -0.05) is 0 Å². The Kier molecular flexibility index (Phi) is 4.80. The van der Waals surface area contributed by atoms with Gasteiger partial charge in [0.1, 0.15) is 17.3 Å². The number of fused-ring (bicyclic) bond motifs is 2. The van der Waals surface area contributed by atoms with Crippen molar-refractivity contribution in [2.75, 3.05) is 0 Å². The Labute approximate surface area is 167 Å². The molecule has 2 bridgehead atoms. The second-order valence-corrected chi connectivity index (χ2v) is 8.17. The second kappa shape index (κ2) is 7.17. The van der Waals surface area contributed by atoms with Gasteiger partial charge in [0, 0.05) is 17.3 Å². The molecule has 2 atom stereocenters. The number of carbonyl (C=O) groups is 2. The Hall–Kier alpha value is -2.90. The van der Waals surface area contributed by atoms with Crippen molar-refractivity contribution in [3.8, 4) is 0 Å². The number of hydrogen-bond donors (Lipinski definition) is 2. The second-order valence-electron chi connectivity index (χ2n) is 8.17. The van der Waals surface area contributed by atoms with Crippen molar-refractivity contribution in [2.45, 2.75) is 56.5 Å². The highest BCUT2D eigenvalue weighted by molar-refractivity contribution is 5.95. The molecule has 6 nitrogen and oxygen atoms in total. The summed E-state index contributed by atoms with van der Waals surface area (Å²) in [5.74, 6) is -2.34. The molecule has 4 rings (SSSR count). The molecule has 2 amide bonds. The summed E-state index contributed by atoms with van der Waals surface area (Å²) in [5.41, 5.74) is -0.382. The van der Waals surface area contributed by atoms with E-state index in [9.17, 15) is 18.4 Å². The summed E-state index contributed by atoms with van der Waals surface area (Å²) >= 11 is 0. The predicted molar refractivity (Wildman–Crippen MR) is 101 cm³/mol. The van der Waals surface area contributed by atoms with Crippen LogP contribution in [0.2, 0.25) is 0 Å². The van der Waals surface area contributed by atoms with Crippen molar-refractivity contribution in [3.63, 3.8) is 0 Å². The number of hydrogen-bond acceptors (Lipinski definition) is 4. The van der Waals surface area contributed by atoms with Crippen LogP contribution in [0.25, 0.3) is 0 Å². The molecule has 2 aliphatic rings. The van der Waals surface area contributed by atoms with E-state index in [0.29, 0.717) is 25.0 Å². The smallest absolute Gasteiger partial charge is 0.271 e. The number of aryl methyl sites for hydroxylation is 1. The lowest BCUT2D eigenvalue weighted by atomic mass is 9.78. The van der Waals surface area contributed by atoms with Gasteiger partial charge in [-0.15, -0.1) is 0 Å². The topological polar surface area (TPSA) is 84.0 Å². The molecule has 2 aliphatic carbocycles. The number of benzene rings is 1. The Balaban J connectivity index is 1.50. The van der Waals surface area contributed by atoms with Crippen molar-refractivity contribution in [1.29, 1.82) is 0 Å². The number of nitrogens with one attached hydrogen (secondary N) is 2. The van der Waals surface area contributed by atoms with Gasteiger partial charge in [-0.3, -0.25) is 14.6 Å². The molecule has 1 aromatic heterocycles. The Bertz CT molecular complexity index is 983. The molecule has 8 heteroatoms. The zero-order valence-electron chi connectivity index (χ0n) is 16.1. The van der Waals surface area contributed by atoms with Crippen LogP contribution in [0, 0.1) is 18.6 Å². The minimum atomic E-state index is -0.758. The van der Waals surface area contributed by atoms with Crippen LogP contribution in [0.3, 0.4) is 0 Å². The van der Waals surface area contributed by atoms with Crippen LogP contribution in [0.4, 0.5) is 8.78 Å². The van der Waals surface area contributed by atoms with E-state index in [0.717, 1.165) is 37.5 Å². The lowest BCUT2D eigenvalue weighted by Gasteiger charge is -2.40. The third kappa shape index (κ3) is 3.83. The fourth-order valence-corrected chi connectivity index (χ4v) is 4.69. The standard InChI is InChI=1S/C21H22F2N4O2/c1-13-10-24-11-17(25-13)19(29)27-21-6-2-5-20(12-21,7-8-21)26-18(28)15-9-14(22)3-4-16(15)23/h3-4,9-11H,2,5-8,12H2,1H3,(H,26,28)(H,27,29)/t20-,21+/m1/s1. The summed E-state index contributed by atoms with van der Waals surface area (Å²) in [6.45, 7) is 1.77. The number of amides is 2. The highest BCUT2D eigenvalue weighted by Crippen LogP contribution is 2.48. The van der Waals surface area contributed by atoms with Crippen molar-refractivity contribution in [3.05, 3.63) is 59.2 Å². The first kappa shape index (κ1) is 19.4. The fourth-order valence-electron chi connectivity index (χ4n) is 4.69. The molecular weight excluding hydrogens is 378 g/mol.